The zero-order valence-electron chi connectivity index (χ0n) is 14.3. The van der Waals surface area contributed by atoms with Crippen LogP contribution in [0.5, 0.6) is 11.5 Å². The molecule has 0 spiro atoms. The van der Waals surface area contributed by atoms with Crippen LogP contribution < -0.4 is 15.4 Å². The molecule has 7 nitrogen and oxygen atoms in total. The second kappa shape index (κ2) is 8.57. The van der Waals surface area contributed by atoms with Gasteiger partial charge in [0.05, 0.1) is 24.1 Å². The van der Waals surface area contributed by atoms with Crippen LogP contribution in [0.25, 0.3) is 0 Å². The number of amides is 2. The molecule has 7 heteroatoms. The van der Waals surface area contributed by atoms with E-state index in [-0.39, 0.29) is 30.6 Å². The maximum absolute atomic E-state index is 12.4. The molecule has 0 aliphatic carbocycles. The quantitative estimate of drug-likeness (QED) is 0.597. The Hall–Kier alpha value is -3.74. The van der Waals surface area contributed by atoms with E-state index in [1.165, 1.54) is 12.3 Å². The van der Waals surface area contributed by atoms with Crippen molar-refractivity contribution in [2.45, 2.75) is 6.54 Å². The minimum Gasteiger partial charge on any atom is -0.504 e. The van der Waals surface area contributed by atoms with Crippen molar-refractivity contribution in [1.29, 1.82) is 0 Å². The van der Waals surface area contributed by atoms with Crippen LogP contribution in [0.4, 0.5) is 5.69 Å². The Kier molecular flexibility index (Phi) is 5.73. The largest absolute Gasteiger partial charge is 0.504 e. The summed E-state index contributed by atoms with van der Waals surface area (Å²) in [7, 11) is 0. The average molecular weight is 366 g/mol. The van der Waals surface area contributed by atoms with Crippen molar-refractivity contribution in [3.05, 3.63) is 78.3 Å². The predicted octanol–water partition coefficient (Wildman–Crippen LogP) is 2.93. The Labute approximate surface area is 155 Å². The fourth-order valence-corrected chi connectivity index (χ4v) is 2.37. The van der Waals surface area contributed by atoms with Gasteiger partial charge in [0.2, 0.25) is 0 Å². The summed E-state index contributed by atoms with van der Waals surface area (Å²) in [4.78, 5) is 24.5. The molecule has 0 radical (unpaired) electrons. The number of hydrogen-bond acceptors (Lipinski definition) is 5. The second-order valence-electron chi connectivity index (χ2n) is 5.61. The Morgan fingerprint density at radius 3 is 2.56 bits per heavy atom. The molecule has 1 heterocycles. The summed E-state index contributed by atoms with van der Waals surface area (Å²) in [5.41, 5.74) is 0.681. The van der Waals surface area contributed by atoms with Gasteiger partial charge in [-0.15, -0.1) is 0 Å². The van der Waals surface area contributed by atoms with Gasteiger partial charge in [0.1, 0.15) is 5.76 Å². The van der Waals surface area contributed by atoms with Gasteiger partial charge < -0.3 is 24.9 Å². The van der Waals surface area contributed by atoms with Crippen LogP contribution in [0.2, 0.25) is 0 Å². The smallest absolute Gasteiger partial charge is 0.262 e. The van der Waals surface area contributed by atoms with Gasteiger partial charge in [-0.2, -0.15) is 0 Å². The summed E-state index contributed by atoms with van der Waals surface area (Å²) in [6.45, 7) is -0.0650. The number of furan rings is 1. The molecule has 0 fully saturated rings. The van der Waals surface area contributed by atoms with Crippen molar-refractivity contribution in [2.75, 3.05) is 11.9 Å². The van der Waals surface area contributed by atoms with Gasteiger partial charge in [0, 0.05) is 0 Å². The maximum Gasteiger partial charge on any atom is 0.262 e. The number of anilines is 1. The minimum absolute atomic E-state index is 0.0528. The first-order valence-electron chi connectivity index (χ1n) is 8.24. The Balaban J connectivity index is 1.60. The van der Waals surface area contributed by atoms with Gasteiger partial charge in [0.25, 0.3) is 11.8 Å². The molecular weight excluding hydrogens is 348 g/mol. The van der Waals surface area contributed by atoms with Crippen LogP contribution >= 0.6 is 0 Å². The topological polar surface area (TPSA) is 101 Å². The van der Waals surface area contributed by atoms with Crippen LogP contribution in [0.3, 0.4) is 0 Å². The van der Waals surface area contributed by atoms with Gasteiger partial charge >= 0.3 is 0 Å². The number of nitrogens with one attached hydrogen (secondary N) is 2. The lowest BCUT2D eigenvalue weighted by atomic mass is 10.1. The number of aromatic hydroxyl groups is 1. The molecule has 0 aliphatic heterocycles. The first-order chi connectivity index (χ1) is 13.1. The SMILES string of the molecule is O=C(COc1ccccc1O)Nc1ccccc1C(=O)NCc1ccco1. The highest BCUT2D eigenvalue weighted by atomic mass is 16.5. The summed E-state index contributed by atoms with van der Waals surface area (Å²) in [5, 5.41) is 15.0. The minimum atomic E-state index is -0.454. The number of carbonyl (C=O) groups excluding carboxylic acids is 2. The highest BCUT2D eigenvalue weighted by Gasteiger charge is 2.14. The van der Waals surface area contributed by atoms with Crippen molar-refractivity contribution in [3.63, 3.8) is 0 Å². The van der Waals surface area contributed by atoms with Gasteiger partial charge in [-0.05, 0) is 36.4 Å². The van der Waals surface area contributed by atoms with Crippen LogP contribution in [0, 0.1) is 0 Å². The van der Waals surface area contributed by atoms with Crippen LogP contribution in [-0.4, -0.2) is 23.5 Å². The van der Waals surface area contributed by atoms with E-state index in [2.05, 4.69) is 10.6 Å². The summed E-state index contributed by atoms with van der Waals surface area (Å²) < 4.78 is 10.5. The molecule has 3 aromatic rings. The van der Waals surface area contributed by atoms with E-state index in [1.807, 2.05) is 0 Å². The van der Waals surface area contributed by atoms with Crippen molar-refractivity contribution in [3.8, 4) is 11.5 Å². The molecule has 3 N–H and O–H groups in total. The maximum atomic E-state index is 12.4. The van der Waals surface area contributed by atoms with E-state index < -0.39 is 5.91 Å². The number of ether oxygens (including phenoxy) is 1. The van der Waals surface area contributed by atoms with Crippen LogP contribution in [0.15, 0.2) is 71.3 Å². The third-order valence-corrected chi connectivity index (χ3v) is 3.67. The number of rotatable bonds is 7. The average Bonchev–Trinajstić information content (AvgIpc) is 3.19. The van der Waals surface area contributed by atoms with E-state index in [1.54, 1.807) is 54.6 Å². The fourth-order valence-electron chi connectivity index (χ4n) is 2.37. The summed E-state index contributed by atoms with van der Waals surface area (Å²) in [5.74, 6) is -0.0190. The molecule has 0 saturated carbocycles. The normalized spacial score (nSPS) is 10.2. The number of carbonyl (C=O) groups is 2. The first kappa shape index (κ1) is 18.1. The van der Waals surface area contributed by atoms with Crippen molar-refractivity contribution in [2.24, 2.45) is 0 Å². The third kappa shape index (κ3) is 4.88. The number of para-hydroxylation sites is 3. The molecular formula is C20H18N2O5. The first-order valence-corrected chi connectivity index (χ1v) is 8.24. The monoisotopic (exact) mass is 366 g/mol. The molecule has 0 unspecified atom stereocenters. The van der Waals surface area contributed by atoms with Gasteiger partial charge in [-0.1, -0.05) is 24.3 Å². The fraction of sp³-hybridized carbons (Fsp3) is 0.100. The van der Waals surface area contributed by atoms with Crippen molar-refractivity contribution < 1.29 is 23.8 Å². The molecule has 2 aromatic carbocycles. The Bertz CT molecular complexity index is 922. The summed E-state index contributed by atoms with van der Waals surface area (Å²) in [6.07, 6.45) is 1.53. The molecule has 0 saturated heterocycles. The highest BCUT2D eigenvalue weighted by Crippen LogP contribution is 2.24. The summed E-state index contributed by atoms with van der Waals surface area (Å²) in [6, 6.07) is 16.5. The third-order valence-electron chi connectivity index (χ3n) is 3.67. The molecule has 0 atom stereocenters. The lowest BCUT2D eigenvalue weighted by molar-refractivity contribution is -0.118. The van der Waals surface area contributed by atoms with E-state index in [4.69, 9.17) is 9.15 Å². The van der Waals surface area contributed by atoms with E-state index in [0.717, 1.165) is 0 Å². The lowest BCUT2D eigenvalue weighted by Crippen LogP contribution is -2.26. The van der Waals surface area contributed by atoms with Crippen molar-refractivity contribution in [1.82, 2.24) is 5.32 Å². The van der Waals surface area contributed by atoms with E-state index in [9.17, 15) is 14.7 Å². The van der Waals surface area contributed by atoms with Gasteiger partial charge in [-0.25, -0.2) is 0 Å². The molecule has 2 amide bonds. The number of hydrogen-bond donors (Lipinski definition) is 3. The number of benzene rings is 2. The zero-order valence-corrected chi connectivity index (χ0v) is 14.3. The summed E-state index contributed by atoms with van der Waals surface area (Å²) >= 11 is 0. The molecule has 0 aliphatic rings. The molecule has 27 heavy (non-hydrogen) atoms. The van der Waals surface area contributed by atoms with Crippen molar-refractivity contribution >= 4 is 17.5 Å². The zero-order chi connectivity index (χ0) is 19.1. The standard InChI is InChI=1S/C20H18N2O5/c23-17-9-3-4-10-18(17)27-13-19(24)22-16-8-2-1-7-15(16)20(25)21-12-14-6-5-11-26-14/h1-11,23H,12-13H2,(H,21,25)(H,22,24). The molecule has 138 valence electrons. The predicted molar refractivity (Wildman–Crippen MR) is 98.6 cm³/mol. The van der Waals surface area contributed by atoms with Crippen LogP contribution in [0.1, 0.15) is 16.1 Å². The lowest BCUT2D eigenvalue weighted by Gasteiger charge is -2.12. The number of phenolic OH excluding ortho intramolecular Hbond substituents is 1. The van der Waals surface area contributed by atoms with Gasteiger partial charge in [-0.3, -0.25) is 9.59 Å². The molecule has 3 rings (SSSR count). The Morgan fingerprint density at radius 1 is 1.00 bits per heavy atom. The molecule has 0 bridgehead atoms. The second-order valence-corrected chi connectivity index (χ2v) is 5.61. The Morgan fingerprint density at radius 2 is 1.78 bits per heavy atom. The van der Waals surface area contributed by atoms with Crippen LogP contribution in [-0.2, 0) is 11.3 Å². The van der Waals surface area contributed by atoms with E-state index >= 15 is 0 Å². The van der Waals surface area contributed by atoms with Gasteiger partial charge in [0.15, 0.2) is 18.1 Å². The molecule has 1 aromatic heterocycles. The number of phenols is 1. The highest BCUT2D eigenvalue weighted by molar-refractivity contribution is 6.04. The van der Waals surface area contributed by atoms with E-state index in [0.29, 0.717) is 17.0 Å².